The molecule has 0 saturated heterocycles. The van der Waals surface area contributed by atoms with E-state index in [9.17, 15) is 9.18 Å². The second kappa shape index (κ2) is 6.62. The summed E-state index contributed by atoms with van der Waals surface area (Å²) < 4.78 is 14.8. The lowest BCUT2D eigenvalue weighted by atomic mass is 9.86. The van der Waals surface area contributed by atoms with Crippen LogP contribution in [0.4, 0.5) is 10.2 Å². The quantitative estimate of drug-likeness (QED) is 0.888. The van der Waals surface area contributed by atoms with Gasteiger partial charge in [-0.1, -0.05) is 18.6 Å². The van der Waals surface area contributed by atoms with Crippen molar-refractivity contribution >= 4 is 11.7 Å². The highest BCUT2D eigenvalue weighted by molar-refractivity contribution is 5.90. The molecule has 5 heteroatoms. The predicted octanol–water partition coefficient (Wildman–Crippen LogP) is 4.14. The molecule has 1 amide bonds. The number of halogens is 1. The molecule has 4 nitrogen and oxygen atoms in total. The normalized spacial score (nSPS) is 24.6. The SMILES string of the molecule is Cc1cc(NC(=O)C[C@H]2C[C@H]3CC[C@@H]2C3)nn1Cc1ccc(F)cc1. The second-order valence-electron chi connectivity index (χ2n) is 7.64. The molecule has 4 rings (SSSR count). The number of aryl methyl sites for hydroxylation is 1. The summed E-state index contributed by atoms with van der Waals surface area (Å²) in [7, 11) is 0. The summed E-state index contributed by atoms with van der Waals surface area (Å²) in [6.45, 7) is 2.52. The first-order valence-corrected chi connectivity index (χ1v) is 9.15. The van der Waals surface area contributed by atoms with E-state index in [-0.39, 0.29) is 11.7 Å². The lowest BCUT2D eigenvalue weighted by molar-refractivity contribution is -0.117. The molecule has 25 heavy (non-hydrogen) atoms. The maximum absolute atomic E-state index is 13.0. The number of anilines is 1. The van der Waals surface area contributed by atoms with Crippen molar-refractivity contribution < 1.29 is 9.18 Å². The van der Waals surface area contributed by atoms with Crippen LogP contribution < -0.4 is 5.32 Å². The Morgan fingerprint density at radius 2 is 2.08 bits per heavy atom. The van der Waals surface area contributed by atoms with Gasteiger partial charge in [-0.05, 0) is 61.6 Å². The van der Waals surface area contributed by atoms with Crippen LogP contribution in [0.5, 0.6) is 0 Å². The van der Waals surface area contributed by atoms with Gasteiger partial charge in [-0.15, -0.1) is 0 Å². The summed E-state index contributed by atoms with van der Waals surface area (Å²) >= 11 is 0. The number of rotatable bonds is 5. The minimum Gasteiger partial charge on any atom is -0.309 e. The first-order chi connectivity index (χ1) is 12.1. The van der Waals surface area contributed by atoms with Gasteiger partial charge in [0.05, 0.1) is 6.54 Å². The summed E-state index contributed by atoms with van der Waals surface area (Å²) in [5.41, 5.74) is 1.95. The highest BCUT2D eigenvalue weighted by Crippen LogP contribution is 2.49. The van der Waals surface area contributed by atoms with E-state index < -0.39 is 0 Å². The third-order valence-corrected chi connectivity index (χ3v) is 5.83. The molecule has 2 aromatic rings. The van der Waals surface area contributed by atoms with Crippen LogP contribution in [0.15, 0.2) is 30.3 Å². The van der Waals surface area contributed by atoms with E-state index in [0.717, 1.165) is 23.1 Å². The third kappa shape index (κ3) is 3.60. The summed E-state index contributed by atoms with van der Waals surface area (Å²) in [4.78, 5) is 12.4. The first kappa shape index (κ1) is 16.3. The molecule has 2 fully saturated rings. The van der Waals surface area contributed by atoms with Crippen LogP contribution in [0.3, 0.4) is 0 Å². The molecule has 2 aliphatic rings. The van der Waals surface area contributed by atoms with Crippen LogP contribution in [0, 0.1) is 30.5 Å². The van der Waals surface area contributed by atoms with Crippen LogP contribution >= 0.6 is 0 Å². The van der Waals surface area contributed by atoms with Crippen molar-refractivity contribution in [3.05, 3.63) is 47.4 Å². The molecule has 0 spiro atoms. The molecule has 0 unspecified atom stereocenters. The van der Waals surface area contributed by atoms with Crippen molar-refractivity contribution in [1.82, 2.24) is 9.78 Å². The highest BCUT2D eigenvalue weighted by atomic mass is 19.1. The van der Waals surface area contributed by atoms with Crippen LogP contribution in [-0.2, 0) is 11.3 Å². The maximum atomic E-state index is 13.0. The predicted molar refractivity (Wildman–Crippen MR) is 94.7 cm³/mol. The van der Waals surface area contributed by atoms with Gasteiger partial charge in [-0.3, -0.25) is 9.48 Å². The molecule has 1 aromatic carbocycles. The largest absolute Gasteiger partial charge is 0.309 e. The van der Waals surface area contributed by atoms with Crippen molar-refractivity contribution in [2.45, 2.75) is 45.6 Å². The van der Waals surface area contributed by atoms with Crippen molar-refractivity contribution in [3.63, 3.8) is 0 Å². The van der Waals surface area contributed by atoms with E-state index in [1.54, 1.807) is 12.1 Å². The average Bonchev–Trinajstić information content (AvgIpc) is 3.26. The Hall–Kier alpha value is -2.17. The number of carbonyl (C=O) groups excluding carboxylic acids is 1. The van der Waals surface area contributed by atoms with Crippen molar-refractivity contribution in [1.29, 1.82) is 0 Å². The number of amides is 1. The molecular formula is C20H24FN3O. The lowest BCUT2D eigenvalue weighted by Gasteiger charge is -2.20. The fourth-order valence-electron chi connectivity index (χ4n) is 4.55. The molecular weight excluding hydrogens is 317 g/mol. The molecule has 1 N–H and O–H groups in total. The smallest absolute Gasteiger partial charge is 0.225 e. The van der Waals surface area contributed by atoms with Gasteiger partial charge in [0.1, 0.15) is 5.82 Å². The fourth-order valence-corrected chi connectivity index (χ4v) is 4.55. The Bertz CT molecular complexity index is 768. The van der Waals surface area contributed by atoms with Crippen LogP contribution in [0.25, 0.3) is 0 Å². The monoisotopic (exact) mass is 341 g/mol. The van der Waals surface area contributed by atoms with Gasteiger partial charge in [0.2, 0.25) is 5.91 Å². The van der Waals surface area contributed by atoms with Gasteiger partial charge in [-0.25, -0.2) is 4.39 Å². The lowest BCUT2D eigenvalue weighted by Crippen LogP contribution is -2.20. The zero-order valence-electron chi connectivity index (χ0n) is 14.5. The number of nitrogens with one attached hydrogen (secondary N) is 1. The fraction of sp³-hybridized carbons (Fsp3) is 0.500. The Morgan fingerprint density at radius 3 is 2.76 bits per heavy atom. The van der Waals surface area contributed by atoms with E-state index in [0.29, 0.717) is 24.7 Å². The molecule has 3 atom stereocenters. The number of aromatic nitrogens is 2. The minimum absolute atomic E-state index is 0.0731. The molecule has 0 aliphatic heterocycles. The number of carbonyl (C=O) groups is 1. The Labute approximate surface area is 147 Å². The van der Waals surface area contributed by atoms with Gasteiger partial charge in [0.15, 0.2) is 5.82 Å². The van der Waals surface area contributed by atoms with Gasteiger partial charge in [0, 0.05) is 18.2 Å². The average molecular weight is 341 g/mol. The Morgan fingerprint density at radius 1 is 1.28 bits per heavy atom. The first-order valence-electron chi connectivity index (χ1n) is 9.15. The zero-order chi connectivity index (χ0) is 17.4. The van der Waals surface area contributed by atoms with Gasteiger partial charge >= 0.3 is 0 Å². The maximum Gasteiger partial charge on any atom is 0.225 e. The molecule has 2 saturated carbocycles. The van der Waals surface area contributed by atoms with Crippen molar-refractivity contribution in [2.75, 3.05) is 5.32 Å². The molecule has 132 valence electrons. The Balaban J connectivity index is 1.36. The molecule has 1 aromatic heterocycles. The minimum atomic E-state index is -0.241. The number of nitrogens with zero attached hydrogens (tertiary/aromatic N) is 2. The van der Waals surface area contributed by atoms with Crippen molar-refractivity contribution in [2.24, 2.45) is 17.8 Å². The number of hydrogen-bond acceptors (Lipinski definition) is 2. The second-order valence-corrected chi connectivity index (χ2v) is 7.64. The van der Waals surface area contributed by atoms with E-state index in [1.807, 2.05) is 17.7 Å². The standard InChI is InChI=1S/C20H24FN3O/c1-13-8-19(23-24(13)12-14-3-6-18(21)7-4-14)22-20(25)11-17-10-15-2-5-16(17)9-15/h3-4,6-8,15-17H,2,5,9-12H2,1H3,(H,22,23,25)/t15-,16+,17+/m0/s1. The topological polar surface area (TPSA) is 46.9 Å². The van der Waals surface area contributed by atoms with E-state index in [4.69, 9.17) is 0 Å². The highest BCUT2D eigenvalue weighted by Gasteiger charge is 2.40. The molecule has 1 heterocycles. The van der Waals surface area contributed by atoms with Gasteiger partial charge in [0.25, 0.3) is 0 Å². The number of hydrogen-bond donors (Lipinski definition) is 1. The van der Waals surface area contributed by atoms with Crippen LogP contribution in [0.2, 0.25) is 0 Å². The van der Waals surface area contributed by atoms with Crippen molar-refractivity contribution in [3.8, 4) is 0 Å². The number of benzene rings is 1. The summed E-state index contributed by atoms with van der Waals surface area (Å²) in [6.07, 6.45) is 5.81. The molecule has 2 bridgehead atoms. The summed E-state index contributed by atoms with van der Waals surface area (Å²) in [5, 5.41) is 7.43. The summed E-state index contributed by atoms with van der Waals surface area (Å²) in [5.74, 6) is 2.61. The van der Waals surface area contributed by atoms with E-state index in [1.165, 1.54) is 37.8 Å². The number of fused-ring (bicyclic) bond motifs is 2. The Kier molecular flexibility index (Phi) is 4.32. The van der Waals surface area contributed by atoms with Gasteiger partial charge < -0.3 is 5.32 Å². The van der Waals surface area contributed by atoms with Gasteiger partial charge in [-0.2, -0.15) is 5.10 Å². The zero-order valence-corrected chi connectivity index (χ0v) is 14.5. The van der Waals surface area contributed by atoms with E-state index >= 15 is 0 Å². The molecule has 2 aliphatic carbocycles. The third-order valence-electron chi connectivity index (χ3n) is 5.83. The van der Waals surface area contributed by atoms with E-state index in [2.05, 4.69) is 10.4 Å². The molecule has 0 radical (unpaired) electrons. The summed E-state index contributed by atoms with van der Waals surface area (Å²) in [6, 6.07) is 8.30. The van der Waals surface area contributed by atoms with Crippen LogP contribution in [-0.4, -0.2) is 15.7 Å². The van der Waals surface area contributed by atoms with Crippen LogP contribution in [0.1, 0.15) is 43.4 Å².